The molecule has 1 aliphatic heterocycles. The van der Waals surface area contributed by atoms with Crippen LogP contribution in [0.25, 0.3) is 0 Å². The van der Waals surface area contributed by atoms with Crippen molar-refractivity contribution in [3.63, 3.8) is 0 Å². The molecule has 0 N–H and O–H groups in total. The van der Waals surface area contributed by atoms with Gasteiger partial charge >= 0.3 is 5.97 Å². The number of nitrogens with zero attached hydrogens (tertiary/aromatic N) is 2. The van der Waals surface area contributed by atoms with Crippen molar-refractivity contribution < 1.29 is 18.7 Å². The second-order valence-electron chi connectivity index (χ2n) is 5.34. The summed E-state index contributed by atoms with van der Waals surface area (Å²) in [4.78, 5) is 29.5. The van der Waals surface area contributed by atoms with Gasteiger partial charge in [-0.05, 0) is 18.6 Å². The van der Waals surface area contributed by atoms with Gasteiger partial charge in [0.2, 0.25) is 5.91 Å². The van der Waals surface area contributed by atoms with Crippen LogP contribution in [0.3, 0.4) is 0 Å². The van der Waals surface area contributed by atoms with Gasteiger partial charge < -0.3 is 4.74 Å². The summed E-state index contributed by atoms with van der Waals surface area (Å²) in [7, 11) is 0. The summed E-state index contributed by atoms with van der Waals surface area (Å²) in [5, 5.41) is 2.35. The number of carbonyl (C=O) groups excluding carboxylic acids is 2. The number of carbonyl (C=O) groups is 2. The molecule has 126 valence electrons. The molecule has 1 fully saturated rings. The van der Waals surface area contributed by atoms with E-state index in [-0.39, 0.29) is 18.9 Å². The lowest BCUT2D eigenvalue weighted by Crippen LogP contribution is -2.23. The molecule has 1 aromatic heterocycles. The van der Waals surface area contributed by atoms with Crippen LogP contribution in [-0.4, -0.2) is 23.4 Å². The quantitative estimate of drug-likeness (QED) is 0.705. The van der Waals surface area contributed by atoms with E-state index in [2.05, 4.69) is 20.9 Å². The first-order chi connectivity index (χ1) is 11.5. The number of benzene rings is 1. The maximum atomic E-state index is 13.7. The Balaban J connectivity index is 1.55. The number of hydrogen-bond acceptors (Lipinski definition) is 5. The zero-order chi connectivity index (χ0) is 17.1. The summed E-state index contributed by atoms with van der Waals surface area (Å²) in [6.45, 7) is 0.540. The summed E-state index contributed by atoms with van der Waals surface area (Å²) >= 11 is 4.50. The van der Waals surface area contributed by atoms with Gasteiger partial charge in [0, 0.05) is 28.4 Å². The molecule has 8 heteroatoms. The fourth-order valence-corrected chi connectivity index (χ4v) is 3.55. The Morgan fingerprint density at radius 3 is 3.00 bits per heavy atom. The fraction of sp³-hybridized carbons (Fsp3) is 0.312. The van der Waals surface area contributed by atoms with E-state index >= 15 is 0 Å². The number of hydrogen-bond donors (Lipinski definition) is 0. The van der Waals surface area contributed by atoms with E-state index in [1.54, 1.807) is 22.4 Å². The van der Waals surface area contributed by atoms with E-state index in [0.29, 0.717) is 33.8 Å². The van der Waals surface area contributed by atoms with Crippen LogP contribution < -0.4 is 4.90 Å². The predicted octanol–water partition coefficient (Wildman–Crippen LogP) is 3.46. The van der Waals surface area contributed by atoms with Gasteiger partial charge in [0.25, 0.3) is 0 Å². The van der Waals surface area contributed by atoms with Crippen molar-refractivity contribution in [2.75, 3.05) is 11.4 Å². The normalized spacial score (nSPS) is 14.2. The lowest BCUT2D eigenvalue weighted by atomic mass is 10.2. The molecule has 2 heterocycles. The minimum atomic E-state index is -0.484. The third-order valence-electron chi connectivity index (χ3n) is 3.57. The van der Waals surface area contributed by atoms with Crippen molar-refractivity contribution in [3.05, 3.63) is 45.1 Å². The molecule has 1 aliphatic rings. The summed E-state index contributed by atoms with van der Waals surface area (Å²) < 4.78 is 19.4. The number of anilines is 1. The Bertz CT molecular complexity index is 780. The second kappa shape index (κ2) is 7.40. The topological polar surface area (TPSA) is 59.5 Å². The molecule has 24 heavy (non-hydrogen) atoms. The minimum absolute atomic E-state index is 0.00330. The fourth-order valence-electron chi connectivity index (χ4n) is 2.35. The van der Waals surface area contributed by atoms with Gasteiger partial charge in [0.15, 0.2) is 5.13 Å². The highest BCUT2D eigenvalue weighted by Gasteiger charge is 2.24. The summed E-state index contributed by atoms with van der Waals surface area (Å²) in [6, 6.07) is 4.57. The van der Waals surface area contributed by atoms with Crippen molar-refractivity contribution in [3.8, 4) is 0 Å². The molecule has 2 aromatic rings. The van der Waals surface area contributed by atoms with Crippen LogP contribution in [0.5, 0.6) is 0 Å². The molecular formula is C16H14BrFN2O3S. The lowest BCUT2D eigenvalue weighted by molar-refractivity contribution is -0.144. The van der Waals surface area contributed by atoms with Gasteiger partial charge in [-0.15, -0.1) is 11.3 Å². The van der Waals surface area contributed by atoms with E-state index in [0.717, 1.165) is 6.42 Å². The Morgan fingerprint density at radius 1 is 1.46 bits per heavy atom. The van der Waals surface area contributed by atoms with Crippen molar-refractivity contribution in [2.45, 2.75) is 25.9 Å². The van der Waals surface area contributed by atoms with Gasteiger partial charge in [-0.2, -0.15) is 0 Å². The third-order valence-corrected chi connectivity index (χ3v) is 4.98. The highest BCUT2D eigenvalue weighted by atomic mass is 79.9. The molecule has 0 bridgehead atoms. The zero-order valence-electron chi connectivity index (χ0n) is 12.6. The second-order valence-corrected chi connectivity index (χ2v) is 7.10. The smallest absolute Gasteiger partial charge is 0.312 e. The average molecular weight is 413 g/mol. The zero-order valence-corrected chi connectivity index (χ0v) is 15.0. The van der Waals surface area contributed by atoms with E-state index in [1.807, 2.05) is 0 Å². The molecule has 1 amide bonds. The Labute approximate surface area is 150 Å². The standard InChI is InChI=1S/C16H14BrFN2O3S/c17-11-4-3-10(13(18)6-11)8-23-15(22)7-12-9-24-16(19-12)20-5-1-2-14(20)21/h3-4,6,9H,1-2,5,7-8H2. The van der Waals surface area contributed by atoms with Crippen molar-refractivity contribution in [1.82, 2.24) is 4.98 Å². The highest BCUT2D eigenvalue weighted by Crippen LogP contribution is 2.25. The first kappa shape index (κ1) is 17.0. The molecule has 1 aromatic carbocycles. The van der Waals surface area contributed by atoms with Crippen molar-refractivity contribution in [1.29, 1.82) is 0 Å². The SMILES string of the molecule is O=C(Cc1csc(N2CCCC2=O)n1)OCc1ccc(Br)cc1F. The number of rotatable bonds is 5. The van der Waals surface area contributed by atoms with Crippen molar-refractivity contribution >= 4 is 44.3 Å². The van der Waals surface area contributed by atoms with E-state index in [1.165, 1.54) is 17.4 Å². The van der Waals surface area contributed by atoms with Crippen molar-refractivity contribution in [2.24, 2.45) is 0 Å². The molecule has 0 atom stereocenters. The van der Waals surface area contributed by atoms with E-state index in [9.17, 15) is 14.0 Å². The highest BCUT2D eigenvalue weighted by molar-refractivity contribution is 9.10. The summed E-state index contributed by atoms with van der Waals surface area (Å²) in [5.74, 6) is -0.855. The molecule has 0 unspecified atom stereocenters. The van der Waals surface area contributed by atoms with Crippen LogP contribution >= 0.6 is 27.3 Å². The average Bonchev–Trinajstić information content (AvgIpc) is 3.15. The van der Waals surface area contributed by atoms with Crippen LogP contribution in [0, 0.1) is 5.82 Å². The number of ether oxygens (including phenoxy) is 1. The molecule has 0 radical (unpaired) electrons. The van der Waals surface area contributed by atoms with Crippen LogP contribution in [0.15, 0.2) is 28.1 Å². The Hall–Kier alpha value is -1.80. The largest absolute Gasteiger partial charge is 0.460 e. The monoisotopic (exact) mass is 412 g/mol. The van der Waals surface area contributed by atoms with Crippen LogP contribution in [-0.2, 0) is 27.4 Å². The van der Waals surface area contributed by atoms with Gasteiger partial charge in [-0.1, -0.05) is 22.0 Å². The number of thiazole rings is 1. The first-order valence-corrected chi connectivity index (χ1v) is 9.04. The summed E-state index contributed by atoms with van der Waals surface area (Å²) in [5.41, 5.74) is 0.865. The predicted molar refractivity (Wildman–Crippen MR) is 91.3 cm³/mol. The Morgan fingerprint density at radius 2 is 2.29 bits per heavy atom. The van der Waals surface area contributed by atoms with E-state index < -0.39 is 11.8 Å². The Kier molecular flexibility index (Phi) is 5.25. The summed E-state index contributed by atoms with van der Waals surface area (Å²) in [6.07, 6.45) is 1.36. The molecule has 3 rings (SSSR count). The number of amides is 1. The number of aromatic nitrogens is 1. The molecular weight excluding hydrogens is 399 g/mol. The molecule has 0 aliphatic carbocycles. The third kappa shape index (κ3) is 3.99. The number of esters is 1. The lowest BCUT2D eigenvalue weighted by Gasteiger charge is -2.10. The van der Waals surface area contributed by atoms with Gasteiger partial charge in [-0.3, -0.25) is 14.5 Å². The van der Waals surface area contributed by atoms with E-state index in [4.69, 9.17) is 4.74 Å². The van der Waals surface area contributed by atoms with Gasteiger partial charge in [0.05, 0.1) is 12.1 Å². The maximum absolute atomic E-state index is 13.7. The maximum Gasteiger partial charge on any atom is 0.312 e. The molecule has 0 spiro atoms. The van der Waals surface area contributed by atoms with Gasteiger partial charge in [-0.25, -0.2) is 9.37 Å². The molecule has 5 nitrogen and oxygen atoms in total. The number of halogens is 2. The minimum Gasteiger partial charge on any atom is -0.460 e. The van der Waals surface area contributed by atoms with Crippen LogP contribution in [0.1, 0.15) is 24.1 Å². The van der Waals surface area contributed by atoms with Crippen LogP contribution in [0.4, 0.5) is 9.52 Å². The molecule has 0 saturated carbocycles. The van der Waals surface area contributed by atoms with Crippen LogP contribution in [0.2, 0.25) is 0 Å². The molecule has 1 saturated heterocycles. The van der Waals surface area contributed by atoms with Gasteiger partial charge in [0.1, 0.15) is 12.4 Å². The first-order valence-electron chi connectivity index (χ1n) is 7.37.